The molecule has 0 bridgehead atoms. The van der Waals surface area contributed by atoms with Gasteiger partial charge in [-0.1, -0.05) is 19.3 Å². The smallest absolute Gasteiger partial charge is 0.0622 e. The molecule has 74 valence electrons. The molecule has 0 aromatic rings. The fourth-order valence-corrected chi connectivity index (χ4v) is 2.04. The van der Waals surface area contributed by atoms with Gasteiger partial charge in [0.15, 0.2) is 0 Å². The fraction of sp³-hybridized carbons (Fsp3) is 0.889. The number of rotatable bonds is 3. The van der Waals surface area contributed by atoms with Gasteiger partial charge < -0.3 is 10.4 Å². The highest BCUT2D eigenvalue weighted by molar-refractivity contribution is 4.92. The molecule has 0 radical (unpaired) electrons. The Hall–Kier alpha value is -0.630. The van der Waals surface area contributed by atoms with Crippen molar-refractivity contribution in [3.05, 3.63) is 5.21 Å². The molecule has 4 heteroatoms. The Morgan fingerprint density at radius 3 is 2.46 bits per heavy atom. The molecule has 1 rings (SSSR count). The summed E-state index contributed by atoms with van der Waals surface area (Å²) in [5.41, 5.74) is -0.659. The van der Waals surface area contributed by atoms with Crippen LogP contribution in [0.25, 0.3) is 0 Å². The topological polar surface area (TPSA) is 70.3 Å². The van der Waals surface area contributed by atoms with Crippen molar-refractivity contribution in [1.29, 1.82) is 5.26 Å². The minimum atomic E-state index is -0.659. The van der Waals surface area contributed by atoms with E-state index in [4.69, 9.17) is 10.5 Å². The van der Waals surface area contributed by atoms with Crippen molar-refractivity contribution in [3.63, 3.8) is 0 Å². The van der Waals surface area contributed by atoms with Crippen molar-refractivity contribution < 1.29 is 5.21 Å². The fourth-order valence-electron chi connectivity index (χ4n) is 2.04. The van der Waals surface area contributed by atoms with Crippen molar-refractivity contribution in [3.8, 4) is 6.07 Å². The third-order valence-corrected chi connectivity index (χ3v) is 2.89. The summed E-state index contributed by atoms with van der Waals surface area (Å²) in [6.45, 7) is 0. The van der Waals surface area contributed by atoms with Crippen LogP contribution in [0.3, 0.4) is 0 Å². The van der Waals surface area contributed by atoms with Gasteiger partial charge in [0.05, 0.1) is 6.07 Å². The van der Waals surface area contributed by atoms with E-state index in [-0.39, 0.29) is 5.23 Å². The van der Waals surface area contributed by atoms with E-state index < -0.39 is 5.54 Å². The zero-order chi connectivity index (χ0) is 9.73. The molecule has 0 aromatic heterocycles. The number of hydroxylamine groups is 2. The van der Waals surface area contributed by atoms with E-state index in [1.165, 1.54) is 0 Å². The minimum absolute atomic E-state index is 0.0868. The summed E-state index contributed by atoms with van der Waals surface area (Å²) >= 11 is 0. The van der Waals surface area contributed by atoms with Crippen LogP contribution in [0.1, 0.15) is 44.9 Å². The lowest BCUT2D eigenvalue weighted by molar-refractivity contribution is -0.146. The molecule has 1 N–H and O–H groups in total. The van der Waals surface area contributed by atoms with Crippen molar-refractivity contribution in [2.24, 2.45) is 0 Å². The van der Waals surface area contributed by atoms with E-state index in [0.717, 1.165) is 19.3 Å². The average Bonchev–Trinajstić information content (AvgIpc) is 2.16. The largest absolute Gasteiger partial charge is 0.762 e. The second-order valence-corrected chi connectivity index (χ2v) is 3.72. The quantitative estimate of drug-likeness (QED) is 0.681. The van der Waals surface area contributed by atoms with Crippen molar-refractivity contribution in [2.75, 3.05) is 0 Å². The lowest BCUT2D eigenvalue weighted by atomic mass is 9.79. The summed E-state index contributed by atoms with van der Waals surface area (Å²) < 4.78 is 0. The van der Waals surface area contributed by atoms with Crippen molar-refractivity contribution >= 4 is 0 Å². The second-order valence-electron chi connectivity index (χ2n) is 3.72. The molecular formula is C9H15N2O2-. The molecule has 0 amide bonds. The van der Waals surface area contributed by atoms with Crippen LogP contribution < -0.4 is 0 Å². The van der Waals surface area contributed by atoms with Gasteiger partial charge in [-0.05, 0) is 19.3 Å². The van der Waals surface area contributed by atoms with Gasteiger partial charge in [0.25, 0.3) is 0 Å². The van der Waals surface area contributed by atoms with Crippen LogP contribution in [-0.2, 0) is 0 Å². The summed E-state index contributed by atoms with van der Waals surface area (Å²) in [7, 11) is 0. The van der Waals surface area contributed by atoms with Gasteiger partial charge in [-0.2, -0.15) is 5.26 Å². The van der Waals surface area contributed by atoms with Crippen molar-refractivity contribution in [2.45, 2.75) is 50.5 Å². The maximum atomic E-state index is 11.0. The molecule has 13 heavy (non-hydrogen) atoms. The van der Waals surface area contributed by atoms with Gasteiger partial charge >= 0.3 is 0 Å². The molecule has 4 nitrogen and oxygen atoms in total. The minimum Gasteiger partial charge on any atom is -0.762 e. The molecule has 0 atom stereocenters. The highest BCUT2D eigenvalue weighted by Crippen LogP contribution is 2.35. The SMILES string of the molecule is N#CCCC1(N([O-])O)CCCCC1. The molecule has 0 aromatic carbocycles. The third kappa shape index (κ3) is 2.41. The van der Waals surface area contributed by atoms with E-state index in [0.29, 0.717) is 25.7 Å². The normalized spacial score (nSPS) is 21.4. The van der Waals surface area contributed by atoms with E-state index >= 15 is 0 Å². The first kappa shape index (κ1) is 10.5. The Bertz CT molecular complexity index is 192. The van der Waals surface area contributed by atoms with Gasteiger partial charge in [0.1, 0.15) is 0 Å². The first-order chi connectivity index (χ1) is 6.21. The molecule has 0 spiro atoms. The van der Waals surface area contributed by atoms with Crippen LogP contribution in [0.5, 0.6) is 0 Å². The molecule has 0 unspecified atom stereocenters. The van der Waals surface area contributed by atoms with Crippen LogP contribution >= 0.6 is 0 Å². The van der Waals surface area contributed by atoms with Crippen molar-refractivity contribution in [1.82, 2.24) is 5.23 Å². The number of nitrogens with zero attached hydrogens (tertiary/aromatic N) is 2. The highest BCUT2D eigenvalue weighted by Gasteiger charge is 2.32. The van der Waals surface area contributed by atoms with Gasteiger partial charge in [-0.25, -0.2) is 0 Å². The van der Waals surface area contributed by atoms with E-state index in [2.05, 4.69) is 0 Å². The number of nitriles is 1. The van der Waals surface area contributed by atoms with Crippen LogP contribution in [0.15, 0.2) is 0 Å². The highest BCUT2D eigenvalue weighted by atomic mass is 16.8. The zero-order valence-electron chi connectivity index (χ0n) is 7.70. The maximum absolute atomic E-state index is 11.0. The molecular weight excluding hydrogens is 168 g/mol. The molecule has 1 aliphatic carbocycles. The predicted octanol–water partition coefficient (Wildman–Crippen LogP) is 2.18. The van der Waals surface area contributed by atoms with Gasteiger partial charge in [-0.15, -0.1) is 0 Å². The standard InChI is InChI=1S/C9H15N2O2/c10-8-4-7-9(11(12)13)5-2-1-3-6-9/h12H,1-7H2/q-1. The van der Waals surface area contributed by atoms with Crippen LogP contribution in [0.4, 0.5) is 0 Å². The lowest BCUT2D eigenvalue weighted by Gasteiger charge is -2.46. The molecule has 1 saturated carbocycles. The van der Waals surface area contributed by atoms with E-state index in [9.17, 15) is 5.21 Å². The summed E-state index contributed by atoms with van der Waals surface area (Å²) in [5.74, 6) is 0. The average molecular weight is 183 g/mol. The predicted molar refractivity (Wildman–Crippen MR) is 47.7 cm³/mol. The van der Waals surface area contributed by atoms with E-state index in [1.54, 1.807) is 0 Å². The molecule has 0 saturated heterocycles. The second kappa shape index (κ2) is 4.56. The van der Waals surface area contributed by atoms with Gasteiger partial charge in [0.2, 0.25) is 0 Å². The Morgan fingerprint density at radius 2 is 2.00 bits per heavy atom. The van der Waals surface area contributed by atoms with E-state index in [1.807, 2.05) is 6.07 Å². The maximum Gasteiger partial charge on any atom is 0.0622 e. The lowest BCUT2D eigenvalue weighted by Crippen LogP contribution is -2.45. The first-order valence-corrected chi connectivity index (χ1v) is 4.74. The van der Waals surface area contributed by atoms with Crippen LogP contribution in [0, 0.1) is 16.5 Å². The summed E-state index contributed by atoms with van der Waals surface area (Å²) in [5, 5.41) is 28.5. The Labute approximate surface area is 78.3 Å². The monoisotopic (exact) mass is 183 g/mol. The molecule has 0 aliphatic heterocycles. The zero-order valence-corrected chi connectivity index (χ0v) is 7.70. The third-order valence-electron chi connectivity index (χ3n) is 2.89. The summed E-state index contributed by atoms with van der Waals surface area (Å²) in [6.07, 6.45) is 5.35. The molecule has 0 heterocycles. The van der Waals surface area contributed by atoms with Gasteiger partial charge in [-0.3, -0.25) is 5.23 Å². The van der Waals surface area contributed by atoms with Crippen LogP contribution in [0.2, 0.25) is 0 Å². The summed E-state index contributed by atoms with van der Waals surface area (Å²) in [4.78, 5) is 0. The number of hydrogen-bond donors (Lipinski definition) is 1. The Kier molecular flexibility index (Phi) is 3.67. The number of hydrogen-bond acceptors (Lipinski definition) is 4. The Balaban J connectivity index is 2.57. The molecule has 1 fully saturated rings. The summed E-state index contributed by atoms with van der Waals surface area (Å²) in [6, 6.07) is 2.02. The van der Waals surface area contributed by atoms with Crippen LogP contribution in [-0.4, -0.2) is 16.0 Å². The molecule has 1 aliphatic rings. The Morgan fingerprint density at radius 1 is 1.38 bits per heavy atom. The first-order valence-electron chi connectivity index (χ1n) is 4.74. The van der Waals surface area contributed by atoms with Gasteiger partial charge in [0, 0.05) is 12.0 Å².